The molecular weight excluding hydrogens is 666 g/mol. The van der Waals surface area contributed by atoms with Crippen LogP contribution in [0.3, 0.4) is 0 Å². The van der Waals surface area contributed by atoms with Gasteiger partial charge in [-0.05, 0) is 96.8 Å². The quantitative estimate of drug-likeness (QED) is 0.273. The Bertz CT molecular complexity index is 1850. The molecule has 1 atom stereocenters. The lowest BCUT2D eigenvalue weighted by atomic mass is 10.0. The van der Waals surface area contributed by atoms with E-state index in [0.717, 1.165) is 37.8 Å². The molecule has 0 aliphatic carbocycles. The molecule has 0 radical (unpaired) electrons. The van der Waals surface area contributed by atoms with Crippen LogP contribution in [0.5, 0.6) is 5.75 Å². The number of nitrogens with zero attached hydrogens (tertiary/aromatic N) is 5. The predicted molar refractivity (Wildman–Crippen MR) is 190 cm³/mol. The van der Waals surface area contributed by atoms with Crippen molar-refractivity contribution in [1.29, 1.82) is 0 Å². The predicted octanol–water partition coefficient (Wildman–Crippen LogP) is 5.63. The van der Waals surface area contributed by atoms with E-state index in [-0.39, 0.29) is 51.7 Å². The molecule has 3 aliphatic heterocycles. The fourth-order valence-corrected chi connectivity index (χ4v) is 8.11. The minimum absolute atomic E-state index is 0.0340. The van der Waals surface area contributed by atoms with E-state index in [1.807, 2.05) is 36.8 Å². The number of anilines is 4. The summed E-state index contributed by atoms with van der Waals surface area (Å²) in [5, 5.41) is 5.86. The minimum atomic E-state index is -3.59. The monoisotopic (exact) mass is 709 g/mol. The van der Waals surface area contributed by atoms with Gasteiger partial charge in [-0.2, -0.15) is 4.98 Å². The standard InChI is InChI=1S/C35H44ClN7O5S/c1-21(2)48-30-17-23-20-43(24-12-15-42(16-13-24)34(45)29-10-8-14-41(29)5)33(44)25(23)18-28(30)39-35-37-19-26(36)32(40-35)38-27-9-6-7-11-31(27)49(46,47)22(3)4/h6-7,9,11,17-19,21-22,24,29H,8,10,12-16,20H2,1-5H3,(H2,37,38,39,40). The highest BCUT2D eigenvalue weighted by atomic mass is 35.5. The Kier molecular flexibility index (Phi) is 10.1. The number of hydrogen-bond donors (Lipinski definition) is 2. The topological polar surface area (TPSA) is 137 Å². The molecule has 3 aliphatic rings. The van der Waals surface area contributed by atoms with Gasteiger partial charge in [0, 0.05) is 31.2 Å². The summed E-state index contributed by atoms with van der Waals surface area (Å²) >= 11 is 6.47. The number of aromatic nitrogens is 2. The number of carbonyl (C=O) groups is 2. The van der Waals surface area contributed by atoms with Crippen LogP contribution >= 0.6 is 11.6 Å². The van der Waals surface area contributed by atoms with E-state index in [0.29, 0.717) is 42.3 Å². The van der Waals surface area contributed by atoms with Gasteiger partial charge in [0.15, 0.2) is 15.7 Å². The smallest absolute Gasteiger partial charge is 0.254 e. The molecule has 6 rings (SSSR count). The van der Waals surface area contributed by atoms with Gasteiger partial charge in [-0.15, -0.1) is 0 Å². The Morgan fingerprint density at radius 1 is 1.02 bits per heavy atom. The average Bonchev–Trinajstić information content (AvgIpc) is 3.64. The molecule has 1 aromatic heterocycles. The molecule has 4 heterocycles. The van der Waals surface area contributed by atoms with E-state index < -0.39 is 15.1 Å². The molecular formula is C35H44ClN7O5S. The average molecular weight is 710 g/mol. The highest BCUT2D eigenvalue weighted by molar-refractivity contribution is 7.92. The summed E-state index contributed by atoms with van der Waals surface area (Å²) < 4.78 is 32.2. The lowest BCUT2D eigenvalue weighted by Gasteiger charge is -2.38. The second-order valence-electron chi connectivity index (χ2n) is 13.5. The van der Waals surface area contributed by atoms with Crippen molar-refractivity contribution in [3.8, 4) is 5.75 Å². The molecule has 2 aromatic carbocycles. The van der Waals surface area contributed by atoms with Crippen molar-refractivity contribution in [1.82, 2.24) is 24.7 Å². The van der Waals surface area contributed by atoms with E-state index >= 15 is 0 Å². The third-order valence-electron chi connectivity index (χ3n) is 9.48. The van der Waals surface area contributed by atoms with Crippen LogP contribution in [-0.2, 0) is 21.2 Å². The minimum Gasteiger partial charge on any atom is -0.489 e. The van der Waals surface area contributed by atoms with Crippen LogP contribution < -0.4 is 15.4 Å². The van der Waals surface area contributed by atoms with Crippen molar-refractivity contribution < 1.29 is 22.7 Å². The number of fused-ring (bicyclic) bond motifs is 1. The largest absolute Gasteiger partial charge is 0.489 e. The second kappa shape index (κ2) is 14.1. The summed E-state index contributed by atoms with van der Waals surface area (Å²) in [5.74, 6) is 1.08. The first-order chi connectivity index (χ1) is 23.3. The zero-order chi connectivity index (χ0) is 35.0. The van der Waals surface area contributed by atoms with Crippen molar-refractivity contribution in [2.24, 2.45) is 0 Å². The van der Waals surface area contributed by atoms with Crippen LogP contribution in [0.15, 0.2) is 47.5 Å². The number of ether oxygens (including phenoxy) is 1. The van der Waals surface area contributed by atoms with Crippen LogP contribution in [0, 0.1) is 0 Å². The summed E-state index contributed by atoms with van der Waals surface area (Å²) in [4.78, 5) is 42.0. The molecule has 1 unspecified atom stereocenters. The molecule has 0 saturated carbocycles. The number of amides is 2. The Balaban J connectivity index is 1.21. The first kappa shape index (κ1) is 34.9. The molecule has 49 heavy (non-hydrogen) atoms. The molecule has 0 bridgehead atoms. The molecule has 2 fully saturated rings. The van der Waals surface area contributed by atoms with Crippen molar-refractivity contribution in [2.45, 2.75) is 88.3 Å². The van der Waals surface area contributed by atoms with E-state index in [1.54, 1.807) is 44.2 Å². The number of likely N-dealkylation sites (N-methyl/N-ethyl adjacent to an activating group) is 1. The Morgan fingerprint density at radius 3 is 2.43 bits per heavy atom. The maximum absolute atomic E-state index is 13.8. The number of nitrogens with one attached hydrogen (secondary N) is 2. The second-order valence-corrected chi connectivity index (χ2v) is 16.4. The van der Waals surface area contributed by atoms with Gasteiger partial charge in [-0.1, -0.05) is 23.7 Å². The molecule has 2 saturated heterocycles. The van der Waals surface area contributed by atoms with E-state index in [9.17, 15) is 18.0 Å². The lowest BCUT2D eigenvalue weighted by Crippen LogP contribution is -2.51. The molecule has 2 N–H and O–H groups in total. The number of piperidine rings is 1. The zero-order valence-electron chi connectivity index (χ0n) is 28.6. The lowest BCUT2D eigenvalue weighted by molar-refractivity contribution is -0.137. The summed E-state index contributed by atoms with van der Waals surface area (Å²) in [5.41, 5.74) is 2.31. The highest BCUT2D eigenvalue weighted by Gasteiger charge is 2.38. The van der Waals surface area contributed by atoms with Crippen LogP contribution in [-0.4, -0.2) is 95.0 Å². The van der Waals surface area contributed by atoms with Crippen LogP contribution in [0.2, 0.25) is 5.02 Å². The van der Waals surface area contributed by atoms with Crippen molar-refractivity contribution in [2.75, 3.05) is 37.3 Å². The fraction of sp³-hybridized carbons (Fsp3) is 0.486. The van der Waals surface area contributed by atoms with E-state index in [2.05, 4.69) is 25.5 Å². The maximum atomic E-state index is 13.8. The van der Waals surface area contributed by atoms with Gasteiger partial charge in [-0.25, -0.2) is 13.4 Å². The first-order valence-electron chi connectivity index (χ1n) is 16.9. The molecule has 2 amide bonds. The molecule has 14 heteroatoms. The van der Waals surface area contributed by atoms with Crippen LogP contribution in [0.1, 0.15) is 69.3 Å². The Hall–Kier alpha value is -3.94. The number of likely N-dealkylation sites (tertiary alicyclic amines) is 2. The van der Waals surface area contributed by atoms with E-state index in [4.69, 9.17) is 16.3 Å². The Morgan fingerprint density at radius 2 is 1.76 bits per heavy atom. The van der Waals surface area contributed by atoms with Gasteiger partial charge >= 0.3 is 0 Å². The van der Waals surface area contributed by atoms with Gasteiger partial charge in [0.25, 0.3) is 5.91 Å². The molecule has 3 aromatic rings. The number of rotatable bonds is 10. The van der Waals surface area contributed by atoms with Crippen molar-refractivity contribution in [3.63, 3.8) is 0 Å². The van der Waals surface area contributed by atoms with Gasteiger partial charge < -0.3 is 25.2 Å². The molecule has 12 nitrogen and oxygen atoms in total. The van der Waals surface area contributed by atoms with Gasteiger partial charge in [-0.3, -0.25) is 14.5 Å². The molecule has 262 valence electrons. The first-order valence-corrected chi connectivity index (χ1v) is 18.8. The van der Waals surface area contributed by atoms with Gasteiger partial charge in [0.1, 0.15) is 10.8 Å². The van der Waals surface area contributed by atoms with Gasteiger partial charge in [0.2, 0.25) is 11.9 Å². The summed E-state index contributed by atoms with van der Waals surface area (Å²) in [6, 6.07) is 10.3. The SMILES string of the molecule is CC(C)Oc1cc2c(cc1Nc1ncc(Cl)c(Nc3ccccc3S(=O)(=O)C(C)C)n1)C(=O)N(C1CCN(C(=O)C3CCCN3C)CC1)C2. The van der Waals surface area contributed by atoms with E-state index in [1.165, 1.54) is 6.20 Å². The number of halogens is 1. The molecule has 0 spiro atoms. The van der Waals surface area contributed by atoms with Gasteiger partial charge in [0.05, 0.1) is 39.9 Å². The third-order valence-corrected chi connectivity index (χ3v) is 12.0. The fourth-order valence-electron chi connectivity index (χ4n) is 6.77. The third kappa shape index (κ3) is 7.20. The summed E-state index contributed by atoms with van der Waals surface area (Å²) in [7, 11) is -1.57. The summed E-state index contributed by atoms with van der Waals surface area (Å²) in [6.45, 7) is 9.81. The Labute approximate surface area is 293 Å². The maximum Gasteiger partial charge on any atom is 0.254 e. The normalized spacial score (nSPS) is 18.8. The van der Waals surface area contributed by atoms with Crippen LogP contribution in [0.4, 0.5) is 23.1 Å². The number of carbonyl (C=O) groups excluding carboxylic acids is 2. The highest BCUT2D eigenvalue weighted by Crippen LogP contribution is 2.38. The number of sulfone groups is 1. The zero-order valence-corrected chi connectivity index (χ0v) is 30.1. The number of hydrogen-bond acceptors (Lipinski definition) is 10. The summed E-state index contributed by atoms with van der Waals surface area (Å²) in [6.07, 6.45) is 4.70. The van der Waals surface area contributed by atoms with Crippen molar-refractivity contribution >= 4 is 56.4 Å². The number of para-hydroxylation sites is 1. The number of benzene rings is 2. The van der Waals surface area contributed by atoms with Crippen molar-refractivity contribution in [3.05, 3.63) is 58.7 Å². The van der Waals surface area contributed by atoms with Crippen LogP contribution in [0.25, 0.3) is 0 Å².